The summed E-state index contributed by atoms with van der Waals surface area (Å²) in [6.45, 7) is 2.82. The molecule has 0 aliphatic rings. The van der Waals surface area contributed by atoms with Crippen LogP contribution < -0.4 is 9.62 Å². The highest BCUT2D eigenvalue weighted by atomic mass is 35.5. The molecule has 0 saturated heterocycles. The van der Waals surface area contributed by atoms with Gasteiger partial charge < -0.3 is 5.32 Å². The second-order valence-corrected chi connectivity index (χ2v) is 9.29. The monoisotopic (exact) mass is 456 g/mol. The SMILES string of the molecule is CC(=O)c1cccc(NC(=O)CN(c2cccc(C)c2)S(=O)(=O)c2ccc(Cl)cc2)c1. The summed E-state index contributed by atoms with van der Waals surface area (Å²) in [6.07, 6.45) is 0. The van der Waals surface area contributed by atoms with Gasteiger partial charge in [-0.15, -0.1) is 0 Å². The van der Waals surface area contributed by atoms with Crippen LogP contribution in [0.5, 0.6) is 0 Å². The number of hydrogen-bond donors (Lipinski definition) is 1. The van der Waals surface area contributed by atoms with E-state index >= 15 is 0 Å². The third kappa shape index (κ3) is 5.51. The van der Waals surface area contributed by atoms with Gasteiger partial charge in [-0.05, 0) is 67.9 Å². The molecular formula is C23H21ClN2O4S. The number of nitrogens with zero attached hydrogens (tertiary/aromatic N) is 1. The molecule has 0 heterocycles. The van der Waals surface area contributed by atoms with Crippen molar-refractivity contribution in [3.8, 4) is 0 Å². The molecule has 3 aromatic carbocycles. The third-order valence-corrected chi connectivity index (χ3v) is 6.57. The molecule has 0 aliphatic carbocycles. The largest absolute Gasteiger partial charge is 0.324 e. The molecule has 6 nitrogen and oxygen atoms in total. The molecule has 160 valence electrons. The maximum atomic E-state index is 13.3. The van der Waals surface area contributed by atoms with Gasteiger partial charge in [-0.1, -0.05) is 35.9 Å². The Morgan fingerprint density at radius 1 is 0.968 bits per heavy atom. The second kappa shape index (κ2) is 9.32. The zero-order valence-corrected chi connectivity index (χ0v) is 18.6. The lowest BCUT2D eigenvalue weighted by Crippen LogP contribution is -2.38. The van der Waals surface area contributed by atoms with Crippen LogP contribution in [0.2, 0.25) is 5.02 Å². The molecule has 0 atom stereocenters. The van der Waals surface area contributed by atoms with Crippen molar-refractivity contribution < 1.29 is 18.0 Å². The second-order valence-electron chi connectivity index (χ2n) is 6.99. The van der Waals surface area contributed by atoms with Crippen molar-refractivity contribution in [1.82, 2.24) is 0 Å². The van der Waals surface area contributed by atoms with E-state index in [0.717, 1.165) is 9.87 Å². The Balaban J connectivity index is 1.93. The first-order chi connectivity index (χ1) is 14.7. The summed E-state index contributed by atoms with van der Waals surface area (Å²) in [6, 6.07) is 19.1. The Bertz CT molecular complexity index is 1220. The molecule has 0 radical (unpaired) electrons. The van der Waals surface area contributed by atoms with Gasteiger partial charge in [0.15, 0.2) is 5.78 Å². The molecule has 0 spiro atoms. The first kappa shape index (κ1) is 22.5. The third-order valence-electron chi connectivity index (χ3n) is 4.53. The van der Waals surface area contributed by atoms with E-state index in [1.54, 1.807) is 42.5 Å². The molecule has 31 heavy (non-hydrogen) atoms. The minimum atomic E-state index is -4.04. The Hall–Kier alpha value is -3.16. The molecule has 0 aromatic heterocycles. The molecule has 0 aliphatic heterocycles. The van der Waals surface area contributed by atoms with Crippen LogP contribution in [0.4, 0.5) is 11.4 Å². The van der Waals surface area contributed by atoms with Gasteiger partial charge in [0.1, 0.15) is 6.54 Å². The fourth-order valence-corrected chi connectivity index (χ4v) is 4.52. The number of ketones is 1. The smallest absolute Gasteiger partial charge is 0.264 e. The average molecular weight is 457 g/mol. The van der Waals surface area contributed by atoms with Gasteiger partial charge in [-0.3, -0.25) is 13.9 Å². The number of sulfonamides is 1. The number of rotatable bonds is 7. The summed E-state index contributed by atoms with van der Waals surface area (Å²) < 4.78 is 27.7. The van der Waals surface area contributed by atoms with Crippen LogP contribution in [-0.2, 0) is 14.8 Å². The van der Waals surface area contributed by atoms with Crippen LogP contribution in [0.3, 0.4) is 0 Å². The van der Waals surface area contributed by atoms with E-state index in [0.29, 0.717) is 22.0 Å². The van der Waals surface area contributed by atoms with E-state index in [4.69, 9.17) is 11.6 Å². The lowest BCUT2D eigenvalue weighted by molar-refractivity contribution is -0.114. The molecule has 0 unspecified atom stereocenters. The van der Waals surface area contributed by atoms with Crippen molar-refractivity contribution in [2.75, 3.05) is 16.2 Å². The predicted molar refractivity (Wildman–Crippen MR) is 122 cm³/mol. The van der Waals surface area contributed by atoms with Crippen LogP contribution in [0, 0.1) is 6.92 Å². The van der Waals surface area contributed by atoms with Gasteiger partial charge in [0.25, 0.3) is 10.0 Å². The van der Waals surface area contributed by atoms with E-state index in [1.165, 1.54) is 31.2 Å². The maximum Gasteiger partial charge on any atom is 0.264 e. The fourth-order valence-electron chi connectivity index (χ4n) is 2.98. The van der Waals surface area contributed by atoms with Gasteiger partial charge >= 0.3 is 0 Å². The molecular weight excluding hydrogens is 436 g/mol. The fraction of sp³-hybridized carbons (Fsp3) is 0.130. The van der Waals surface area contributed by atoms with Gasteiger partial charge in [0.2, 0.25) is 5.91 Å². The number of Topliss-reactive ketones (excluding diaryl/α,β-unsaturated/α-hetero) is 1. The number of carbonyl (C=O) groups is 2. The summed E-state index contributed by atoms with van der Waals surface area (Å²) in [5, 5.41) is 3.07. The van der Waals surface area contributed by atoms with E-state index in [1.807, 2.05) is 13.0 Å². The summed E-state index contributed by atoms with van der Waals surface area (Å²) in [4.78, 5) is 24.4. The van der Waals surface area contributed by atoms with Crippen molar-refractivity contribution in [2.45, 2.75) is 18.7 Å². The van der Waals surface area contributed by atoms with Crippen molar-refractivity contribution in [1.29, 1.82) is 0 Å². The molecule has 0 saturated carbocycles. The number of anilines is 2. The Morgan fingerprint density at radius 3 is 2.29 bits per heavy atom. The average Bonchev–Trinajstić information content (AvgIpc) is 2.72. The first-order valence-corrected chi connectivity index (χ1v) is 11.2. The molecule has 3 rings (SSSR count). The number of hydrogen-bond acceptors (Lipinski definition) is 4. The molecule has 8 heteroatoms. The van der Waals surface area contributed by atoms with E-state index < -0.39 is 22.5 Å². The number of nitrogens with one attached hydrogen (secondary N) is 1. The lowest BCUT2D eigenvalue weighted by Gasteiger charge is -2.24. The molecule has 0 fully saturated rings. The summed E-state index contributed by atoms with van der Waals surface area (Å²) in [5.41, 5.74) is 2.07. The highest BCUT2D eigenvalue weighted by molar-refractivity contribution is 7.92. The van der Waals surface area contributed by atoms with E-state index in [2.05, 4.69) is 5.32 Å². The van der Waals surface area contributed by atoms with Gasteiger partial charge in [-0.25, -0.2) is 8.42 Å². The van der Waals surface area contributed by atoms with Gasteiger partial charge in [0.05, 0.1) is 10.6 Å². The summed E-state index contributed by atoms with van der Waals surface area (Å²) in [5.74, 6) is -0.678. The molecule has 1 N–H and O–H groups in total. The zero-order chi connectivity index (χ0) is 22.6. The Labute approximate surface area is 186 Å². The number of halogens is 1. The van der Waals surface area contributed by atoms with Crippen molar-refractivity contribution in [3.05, 3.63) is 88.9 Å². The predicted octanol–water partition coefficient (Wildman–Crippen LogP) is 4.69. The van der Waals surface area contributed by atoms with Gasteiger partial charge in [-0.2, -0.15) is 0 Å². The molecule has 1 amide bonds. The number of benzene rings is 3. The first-order valence-electron chi connectivity index (χ1n) is 9.42. The highest BCUT2D eigenvalue weighted by Crippen LogP contribution is 2.25. The van der Waals surface area contributed by atoms with Crippen LogP contribution in [-0.4, -0.2) is 26.7 Å². The quantitative estimate of drug-likeness (QED) is 0.523. The number of carbonyl (C=O) groups excluding carboxylic acids is 2. The Morgan fingerprint density at radius 2 is 1.65 bits per heavy atom. The zero-order valence-electron chi connectivity index (χ0n) is 17.0. The van der Waals surface area contributed by atoms with Crippen molar-refractivity contribution >= 4 is 44.7 Å². The standard InChI is InChI=1S/C23H21ClN2O4S/c1-16-5-3-8-21(13-16)26(31(29,30)22-11-9-19(24)10-12-22)15-23(28)25-20-7-4-6-18(14-20)17(2)27/h3-14H,15H2,1-2H3,(H,25,28). The topological polar surface area (TPSA) is 83.6 Å². The van der Waals surface area contributed by atoms with E-state index in [-0.39, 0.29) is 10.7 Å². The van der Waals surface area contributed by atoms with Gasteiger partial charge in [0, 0.05) is 16.3 Å². The normalized spacial score (nSPS) is 11.1. The number of amides is 1. The summed E-state index contributed by atoms with van der Waals surface area (Å²) >= 11 is 5.89. The molecule has 3 aromatic rings. The van der Waals surface area contributed by atoms with Crippen LogP contribution in [0.25, 0.3) is 0 Å². The lowest BCUT2D eigenvalue weighted by atomic mass is 10.1. The van der Waals surface area contributed by atoms with Crippen molar-refractivity contribution in [2.24, 2.45) is 0 Å². The maximum absolute atomic E-state index is 13.3. The van der Waals surface area contributed by atoms with E-state index in [9.17, 15) is 18.0 Å². The van der Waals surface area contributed by atoms with Crippen LogP contribution in [0.1, 0.15) is 22.8 Å². The van der Waals surface area contributed by atoms with Crippen molar-refractivity contribution in [3.63, 3.8) is 0 Å². The Kier molecular flexibility index (Phi) is 6.77. The summed E-state index contributed by atoms with van der Waals surface area (Å²) in [7, 11) is -4.04. The minimum absolute atomic E-state index is 0.0183. The number of aryl methyl sites for hydroxylation is 1. The minimum Gasteiger partial charge on any atom is -0.324 e. The van der Waals surface area contributed by atoms with Crippen LogP contribution >= 0.6 is 11.6 Å². The molecule has 0 bridgehead atoms. The highest BCUT2D eigenvalue weighted by Gasteiger charge is 2.27. The van der Waals surface area contributed by atoms with Crippen LogP contribution in [0.15, 0.2) is 77.7 Å².